The van der Waals surface area contributed by atoms with Crippen LogP contribution in [0.2, 0.25) is 10.0 Å². The summed E-state index contributed by atoms with van der Waals surface area (Å²) in [6.45, 7) is 0.651. The zero-order valence-corrected chi connectivity index (χ0v) is 15.6. The number of anilines is 2. The van der Waals surface area contributed by atoms with E-state index in [2.05, 4.69) is 15.3 Å². The van der Waals surface area contributed by atoms with Crippen molar-refractivity contribution in [3.63, 3.8) is 0 Å². The summed E-state index contributed by atoms with van der Waals surface area (Å²) in [6, 6.07) is 5.01. The molecule has 130 valence electrons. The Kier molecular flexibility index (Phi) is 5.46. The van der Waals surface area contributed by atoms with Gasteiger partial charge >= 0.3 is 0 Å². The minimum Gasteiger partial charge on any atom is -0.321 e. The van der Waals surface area contributed by atoms with E-state index in [0.29, 0.717) is 34.5 Å². The topological polar surface area (TPSA) is 75.2 Å². The minimum absolute atomic E-state index is 0.0519. The van der Waals surface area contributed by atoms with Gasteiger partial charge in [-0.1, -0.05) is 35.0 Å². The maximum atomic E-state index is 12.4. The average Bonchev–Trinajstić information content (AvgIpc) is 3.01. The van der Waals surface area contributed by atoms with Crippen LogP contribution >= 0.6 is 35.0 Å². The third-order valence-electron chi connectivity index (χ3n) is 3.69. The summed E-state index contributed by atoms with van der Waals surface area (Å²) in [5, 5.41) is 3.73. The van der Waals surface area contributed by atoms with E-state index in [1.54, 1.807) is 23.1 Å². The first-order chi connectivity index (χ1) is 12.0. The molecule has 1 aliphatic heterocycles. The van der Waals surface area contributed by atoms with E-state index in [1.807, 2.05) is 6.26 Å². The van der Waals surface area contributed by atoms with Crippen molar-refractivity contribution in [2.24, 2.45) is 0 Å². The number of carbonyl (C=O) groups is 2. The average molecular weight is 397 g/mol. The summed E-state index contributed by atoms with van der Waals surface area (Å²) in [5.74, 6) is -0.403. The molecule has 0 aliphatic carbocycles. The molecule has 2 amide bonds. The molecule has 0 spiro atoms. The first-order valence-electron chi connectivity index (χ1n) is 7.47. The zero-order chi connectivity index (χ0) is 18.0. The number of amides is 2. The Morgan fingerprint density at radius 1 is 1.32 bits per heavy atom. The van der Waals surface area contributed by atoms with Gasteiger partial charge in [-0.3, -0.25) is 9.59 Å². The number of carbonyl (C=O) groups excluding carboxylic acids is 2. The third-order valence-corrected chi connectivity index (χ3v) is 4.83. The molecule has 1 saturated heterocycles. The first kappa shape index (κ1) is 18.0. The molecule has 2 aromatic rings. The minimum atomic E-state index is -0.455. The number of aromatic nitrogens is 2. The van der Waals surface area contributed by atoms with Gasteiger partial charge in [-0.15, -0.1) is 0 Å². The van der Waals surface area contributed by atoms with E-state index in [9.17, 15) is 9.59 Å². The van der Waals surface area contributed by atoms with Crippen molar-refractivity contribution in [2.45, 2.75) is 18.0 Å². The lowest BCUT2D eigenvalue weighted by Crippen LogP contribution is -2.24. The Labute approximate surface area is 158 Å². The molecule has 6 nitrogen and oxygen atoms in total. The summed E-state index contributed by atoms with van der Waals surface area (Å²) in [7, 11) is 0. The third kappa shape index (κ3) is 3.89. The predicted molar refractivity (Wildman–Crippen MR) is 99.8 cm³/mol. The SMILES string of the molecule is CSc1ncc(Cl)c(C(=O)Nc2ccc(N3CCCC3=O)c(Cl)c2)n1. The molecule has 1 fully saturated rings. The van der Waals surface area contributed by atoms with Gasteiger partial charge in [0, 0.05) is 18.7 Å². The normalized spacial score (nSPS) is 14.0. The van der Waals surface area contributed by atoms with Crippen LogP contribution in [0.3, 0.4) is 0 Å². The lowest BCUT2D eigenvalue weighted by Gasteiger charge is -2.18. The molecule has 25 heavy (non-hydrogen) atoms. The fourth-order valence-electron chi connectivity index (χ4n) is 2.51. The Balaban J connectivity index is 1.80. The van der Waals surface area contributed by atoms with E-state index < -0.39 is 5.91 Å². The second kappa shape index (κ2) is 7.59. The van der Waals surface area contributed by atoms with Crippen molar-refractivity contribution in [3.8, 4) is 0 Å². The van der Waals surface area contributed by atoms with Gasteiger partial charge in [0.25, 0.3) is 5.91 Å². The second-order valence-electron chi connectivity index (χ2n) is 5.32. The number of hydrogen-bond acceptors (Lipinski definition) is 5. The van der Waals surface area contributed by atoms with Gasteiger partial charge in [0.1, 0.15) is 0 Å². The van der Waals surface area contributed by atoms with Gasteiger partial charge < -0.3 is 10.2 Å². The molecule has 0 saturated carbocycles. The molecule has 2 heterocycles. The van der Waals surface area contributed by atoms with Crippen molar-refractivity contribution < 1.29 is 9.59 Å². The highest BCUT2D eigenvalue weighted by molar-refractivity contribution is 7.98. The highest BCUT2D eigenvalue weighted by Gasteiger charge is 2.24. The van der Waals surface area contributed by atoms with Gasteiger partial charge in [-0.2, -0.15) is 0 Å². The van der Waals surface area contributed by atoms with Crippen LogP contribution in [0.15, 0.2) is 29.6 Å². The highest BCUT2D eigenvalue weighted by atomic mass is 35.5. The van der Waals surface area contributed by atoms with Crippen molar-refractivity contribution in [1.82, 2.24) is 9.97 Å². The highest BCUT2D eigenvalue weighted by Crippen LogP contribution is 2.32. The lowest BCUT2D eigenvalue weighted by atomic mass is 10.2. The number of rotatable bonds is 4. The molecule has 1 aromatic carbocycles. The van der Waals surface area contributed by atoms with Gasteiger partial charge in [-0.05, 0) is 30.9 Å². The van der Waals surface area contributed by atoms with Crippen LogP contribution < -0.4 is 10.2 Å². The molecule has 0 unspecified atom stereocenters. The fourth-order valence-corrected chi connectivity index (χ4v) is 3.31. The van der Waals surface area contributed by atoms with E-state index in [1.165, 1.54) is 18.0 Å². The van der Waals surface area contributed by atoms with Crippen molar-refractivity contribution >= 4 is 58.2 Å². The lowest BCUT2D eigenvalue weighted by molar-refractivity contribution is -0.117. The molecule has 0 radical (unpaired) electrons. The molecule has 3 rings (SSSR count). The molecule has 0 atom stereocenters. The number of benzene rings is 1. The van der Waals surface area contributed by atoms with Crippen LogP contribution in [0, 0.1) is 0 Å². The number of nitrogens with one attached hydrogen (secondary N) is 1. The molecule has 1 aliphatic rings. The summed E-state index contributed by atoms with van der Waals surface area (Å²) in [4.78, 5) is 34.0. The molecule has 0 bridgehead atoms. The second-order valence-corrected chi connectivity index (χ2v) is 6.91. The predicted octanol–water partition coefficient (Wildman–Crippen LogP) is 3.88. The zero-order valence-electron chi connectivity index (χ0n) is 13.3. The largest absolute Gasteiger partial charge is 0.321 e. The first-order valence-corrected chi connectivity index (χ1v) is 9.45. The summed E-state index contributed by atoms with van der Waals surface area (Å²) in [6.07, 6.45) is 4.55. The Hall–Kier alpha value is -1.83. The van der Waals surface area contributed by atoms with Crippen molar-refractivity contribution in [1.29, 1.82) is 0 Å². The van der Waals surface area contributed by atoms with Crippen LogP contribution in [-0.2, 0) is 4.79 Å². The fraction of sp³-hybridized carbons (Fsp3) is 0.250. The van der Waals surface area contributed by atoms with E-state index in [4.69, 9.17) is 23.2 Å². The Morgan fingerprint density at radius 2 is 2.12 bits per heavy atom. The van der Waals surface area contributed by atoms with E-state index >= 15 is 0 Å². The molecule has 1 N–H and O–H groups in total. The quantitative estimate of drug-likeness (QED) is 0.626. The van der Waals surface area contributed by atoms with Crippen molar-refractivity contribution in [3.05, 3.63) is 40.1 Å². The van der Waals surface area contributed by atoms with E-state index in [0.717, 1.165) is 6.42 Å². The molecular weight excluding hydrogens is 383 g/mol. The van der Waals surface area contributed by atoms with Gasteiger partial charge in [0.15, 0.2) is 10.9 Å². The maximum Gasteiger partial charge on any atom is 0.275 e. The smallest absolute Gasteiger partial charge is 0.275 e. The van der Waals surface area contributed by atoms with Gasteiger partial charge in [0.05, 0.1) is 21.9 Å². The Morgan fingerprint density at radius 3 is 2.76 bits per heavy atom. The number of thioether (sulfide) groups is 1. The van der Waals surface area contributed by atoms with Crippen LogP contribution in [-0.4, -0.2) is 34.6 Å². The van der Waals surface area contributed by atoms with Gasteiger partial charge in [0.2, 0.25) is 5.91 Å². The summed E-state index contributed by atoms with van der Waals surface area (Å²) in [5.41, 5.74) is 1.23. The van der Waals surface area contributed by atoms with Crippen molar-refractivity contribution in [2.75, 3.05) is 23.0 Å². The van der Waals surface area contributed by atoms with Crippen LogP contribution in [0.25, 0.3) is 0 Å². The molecule has 9 heteroatoms. The van der Waals surface area contributed by atoms with Crippen LogP contribution in [0.1, 0.15) is 23.3 Å². The number of nitrogens with zero attached hydrogens (tertiary/aromatic N) is 3. The number of hydrogen-bond donors (Lipinski definition) is 1. The summed E-state index contributed by atoms with van der Waals surface area (Å²) < 4.78 is 0. The standard InChI is InChI=1S/C16H14Cl2N4O2S/c1-25-16-19-8-11(18)14(21-16)15(24)20-9-4-5-12(10(17)7-9)22-6-2-3-13(22)23/h4-5,7-8H,2-3,6H2,1H3,(H,20,24). The van der Waals surface area contributed by atoms with Crippen LogP contribution in [0.4, 0.5) is 11.4 Å². The maximum absolute atomic E-state index is 12.4. The van der Waals surface area contributed by atoms with Crippen LogP contribution in [0.5, 0.6) is 0 Å². The monoisotopic (exact) mass is 396 g/mol. The summed E-state index contributed by atoms with van der Waals surface area (Å²) >= 11 is 13.6. The van der Waals surface area contributed by atoms with Gasteiger partial charge in [-0.25, -0.2) is 9.97 Å². The Bertz CT molecular complexity index is 847. The molecular formula is C16H14Cl2N4O2S. The number of halogens is 2. The molecule has 1 aromatic heterocycles. The van der Waals surface area contributed by atoms with E-state index in [-0.39, 0.29) is 16.6 Å².